The topological polar surface area (TPSA) is 27.7 Å². The fraction of sp³-hybridized carbons (Fsp3) is 0.714. The lowest BCUT2D eigenvalue weighted by molar-refractivity contribution is -0.0342. The summed E-state index contributed by atoms with van der Waals surface area (Å²) >= 11 is 0. The van der Waals surface area contributed by atoms with Gasteiger partial charge in [-0.25, -0.2) is 0 Å². The molecule has 3 nitrogen and oxygen atoms in total. The molecule has 0 spiro atoms. The number of hydrogen-bond donors (Lipinski definition) is 0. The molecule has 0 radical (unpaired) electrons. The first kappa shape index (κ1) is 7.72. The fourth-order valence-electron chi connectivity index (χ4n) is 0.867. The highest BCUT2D eigenvalue weighted by Crippen LogP contribution is 2.11. The van der Waals surface area contributed by atoms with E-state index in [1.165, 1.54) is 0 Å². The monoisotopic (exact) mass is 144 g/mol. The Morgan fingerprint density at radius 1 is 1.80 bits per heavy atom. The van der Waals surface area contributed by atoms with Crippen LogP contribution in [0.1, 0.15) is 0 Å². The van der Waals surface area contributed by atoms with Gasteiger partial charge in [-0.1, -0.05) is 6.58 Å². The van der Waals surface area contributed by atoms with Crippen LogP contribution in [0.25, 0.3) is 0 Å². The van der Waals surface area contributed by atoms with Crippen molar-refractivity contribution < 1.29 is 14.2 Å². The Labute approximate surface area is 60.6 Å². The quantitative estimate of drug-likeness (QED) is 0.542. The van der Waals surface area contributed by atoms with Gasteiger partial charge in [0.05, 0.1) is 13.2 Å². The van der Waals surface area contributed by atoms with Gasteiger partial charge in [0, 0.05) is 7.11 Å². The molecule has 1 aliphatic rings. The second kappa shape index (κ2) is 3.71. The van der Waals surface area contributed by atoms with Crippen molar-refractivity contribution in [2.45, 2.75) is 12.4 Å². The van der Waals surface area contributed by atoms with Crippen molar-refractivity contribution in [2.24, 2.45) is 0 Å². The number of hydrogen-bond acceptors (Lipinski definition) is 3. The zero-order chi connectivity index (χ0) is 7.40. The van der Waals surface area contributed by atoms with Gasteiger partial charge in [-0.2, -0.15) is 0 Å². The van der Waals surface area contributed by atoms with Gasteiger partial charge < -0.3 is 14.2 Å². The maximum atomic E-state index is 5.29. The first-order valence-electron chi connectivity index (χ1n) is 3.25. The standard InChI is InChI=1S/C7H12O3/c1-3-7-9-5-6(10-7)4-8-2/h3,6-7H,1,4-5H2,2H3. The number of methoxy groups -OCH3 is 1. The zero-order valence-corrected chi connectivity index (χ0v) is 6.08. The summed E-state index contributed by atoms with van der Waals surface area (Å²) in [6.07, 6.45) is 1.48. The second-order valence-corrected chi connectivity index (χ2v) is 2.15. The summed E-state index contributed by atoms with van der Waals surface area (Å²) in [5.74, 6) is 0. The molecule has 1 fully saturated rings. The molecule has 1 saturated heterocycles. The molecule has 0 bridgehead atoms. The van der Waals surface area contributed by atoms with Crippen LogP contribution >= 0.6 is 0 Å². The normalized spacial score (nSPS) is 32.5. The molecule has 0 saturated carbocycles. The van der Waals surface area contributed by atoms with Gasteiger partial charge in [0.15, 0.2) is 6.29 Å². The Hall–Kier alpha value is -0.380. The summed E-state index contributed by atoms with van der Waals surface area (Å²) in [4.78, 5) is 0. The van der Waals surface area contributed by atoms with Crippen molar-refractivity contribution in [3.8, 4) is 0 Å². The van der Waals surface area contributed by atoms with Crippen LogP contribution in [0.2, 0.25) is 0 Å². The summed E-state index contributed by atoms with van der Waals surface area (Å²) in [7, 11) is 1.64. The SMILES string of the molecule is C=CC1OCC(COC)O1. The summed E-state index contributed by atoms with van der Waals surface area (Å²) in [5, 5.41) is 0. The third-order valence-corrected chi connectivity index (χ3v) is 1.32. The Balaban J connectivity index is 2.21. The van der Waals surface area contributed by atoms with Crippen molar-refractivity contribution in [1.82, 2.24) is 0 Å². The molecule has 1 heterocycles. The smallest absolute Gasteiger partial charge is 0.177 e. The van der Waals surface area contributed by atoms with Crippen LogP contribution in [0.3, 0.4) is 0 Å². The van der Waals surface area contributed by atoms with E-state index in [1.54, 1.807) is 13.2 Å². The molecule has 0 amide bonds. The van der Waals surface area contributed by atoms with E-state index in [0.29, 0.717) is 13.2 Å². The van der Waals surface area contributed by atoms with E-state index < -0.39 is 0 Å². The van der Waals surface area contributed by atoms with E-state index in [2.05, 4.69) is 6.58 Å². The minimum atomic E-state index is -0.236. The highest BCUT2D eigenvalue weighted by atomic mass is 16.7. The molecule has 10 heavy (non-hydrogen) atoms. The molecule has 1 rings (SSSR count). The molecular formula is C7H12O3. The Morgan fingerprint density at radius 2 is 2.60 bits per heavy atom. The molecule has 0 aromatic rings. The van der Waals surface area contributed by atoms with Crippen molar-refractivity contribution in [1.29, 1.82) is 0 Å². The molecule has 2 unspecified atom stereocenters. The molecular weight excluding hydrogens is 132 g/mol. The van der Waals surface area contributed by atoms with E-state index in [-0.39, 0.29) is 12.4 Å². The molecule has 0 aromatic carbocycles. The average molecular weight is 144 g/mol. The Kier molecular flexibility index (Phi) is 2.86. The summed E-state index contributed by atoms with van der Waals surface area (Å²) in [6, 6.07) is 0. The van der Waals surface area contributed by atoms with Crippen LogP contribution in [-0.4, -0.2) is 32.7 Å². The molecule has 0 aromatic heterocycles. The lowest BCUT2D eigenvalue weighted by Crippen LogP contribution is -2.17. The molecule has 0 aliphatic carbocycles. The van der Waals surface area contributed by atoms with Crippen molar-refractivity contribution in [2.75, 3.05) is 20.3 Å². The first-order valence-corrected chi connectivity index (χ1v) is 3.25. The minimum Gasteiger partial charge on any atom is -0.382 e. The fourth-order valence-corrected chi connectivity index (χ4v) is 0.867. The van der Waals surface area contributed by atoms with Gasteiger partial charge in [0.25, 0.3) is 0 Å². The average Bonchev–Trinajstić information content (AvgIpc) is 2.37. The van der Waals surface area contributed by atoms with Crippen LogP contribution in [0.5, 0.6) is 0 Å². The van der Waals surface area contributed by atoms with Gasteiger partial charge in [-0.15, -0.1) is 0 Å². The van der Waals surface area contributed by atoms with E-state index in [1.807, 2.05) is 0 Å². The highest BCUT2D eigenvalue weighted by molar-refractivity contribution is 4.78. The molecule has 3 heteroatoms. The summed E-state index contributed by atoms with van der Waals surface area (Å²) < 4.78 is 15.3. The van der Waals surface area contributed by atoms with Crippen molar-refractivity contribution in [3.63, 3.8) is 0 Å². The number of rotatable bonds is 3. The molecule has 58 valence electrons. The Morgan fingerprint density at radius 3 is 3.10 bits per heavy atom. The lowest BCUT2D eigenvalue weighted by Gasteiger charge is -2.05. The second-order valence-electron chi connectivity index (χ2n) is 2.15. The largest absolute Gasteiger partial charge is 0.382 e. The van der Waals surface area contributed by atoms with Crippen LogP contribution < -0.4 is 0 Å². The summed E-state index contributed by atoms with van der Waals surface area (Å²) in [6.45, 7) is 4.74. The molecule has 0 N–H and O–H groups in total. The predicted octanol–water partition coefficient (Wildman–Crippen LogP) is 0.560. The maximum Gasteiger partial charge on any atom is 0.177 e. The maximum absolute atomic E-state index is 5.29. The zero-order valence-electron chi connectivity index (χ0n) is 6.08. The predicted molar refractivity (Wildman–Crippen MR) is 36.7 cm³/mol. The van der Waals surface area contributed by atoms with E-state index in [9.17, 15) is 0 Å². The van der Waals surface area contributed by atoms with Gasteiger partial charge in [-0.3, -0.25) is 0 Å². The summed E-state index contributed by atoms with van der Waals surface area (Å²) in [5.41, 5.74) is 0. The van der Waals surface area contributed by atoms with Gasteiger partial charge in [0.2, 0.25) is 0 Å². The van der Waals surface area contributed by atoms with Crippen molar-refractivity contribution >= 4 is 0 Å². The van der Waals surface area contributed by atoms with E-state index >= 15 is 0 Å². The lowest BCUT2D eigenvalue weighted by atomic mass is 10.4. The third-order valence-electron chi connectivity index (χ3n) is 1.32. The van der Waals surface area contributed by atoms with Crippen molar-refractivity contribution in [3.05, 3.63) is 12.7 Å². The van der Waals surface area contributed by atoms with Crippen LogP contribution in [0.4, 0.5) is 0 Å². The highest BCUT2D eigenvalue weighted by Gasteiger charge is 2.22. The molecule has 1 aliphatic heterocycles. The van der Waals surface area contributed by atoms with Crippen LogP contribution in [-0.2, 0) is 14.2 Å². The van der Waals surface area contributed by atoms with E-state index in [0.717, 1.165) is 0 Å². The van der Waals surface area contributed by atoms with E-state index in [4.69, 9.17) is 14.2 Å². The van der Waals surface area contributed by atoms with Crippen LogP contribution in [0.15, 0.2) is 12.7 Å². The minimum absolute atomic E-state index is 0.0769. The first-order chi connectivity index (χ1) is 4.86. The molecule has 2 atom stereocenters. The third kappa shape index (κ3) is 1.80. The van der Waals surface area contributed by atoms with Gasteiger partial charge in [-0.05, 0) is 6.08 Å². The van der Waals surface area contributed by atoms with Gasteiger partial charge in [0.1, 0.15) is 6.10 Å². The number of ether oxygens (including phenoxy) is 3. The van der Waals surface area contributed by atoms with Crippen LogP contribution in [0, 0.1) is 0 Å². The van der Waals surface area contributed by atoms with Gasteiger partial charge >= 0.3 is 0 Å². The Bertz CT molecular complexity index is 113.